The highest BCUT2D eigenvalue weighted by molar-refractivity contribution is 7.89. The predicted molar refractivity (Wildman–Crippen MR) is 171 cm³/mol. The highest BCUT2D eigenvalue weighted by Gasteiger charge is 2.26. The molecule has 4 aromatic rings. The van der Waals surface area contributed by atoms with E-state index in [0.717, 1.165) is 6.42 Å². The first-order valence-electron chi connectivity index (χ1n) is 14.9. The van der Waals surface area contributed by atoms with Crippen molar-refractivity contribution in [1.82, 2.24) is 9.55 Å². The number of rotatable bonds is 13. The number of hydrogen-bond donors (Lipinski definition) is 1. The van der Waals surface area contributed by atoms with Crippen LogP contribution in [0.15, 0.2) is 102 Å². The minimum atomic E-state index is -4.01. The van der Waals surface area contributed by atoms with E-state index in [1.807, 2.05) is 56.3 Å². The summed E-state index contributed by atoms with van der Waals surface area (Å²) in [6, 6.07) is 20.2. The molecule has 1 aromatic heterocycles. The van der Waals surface area contributed by atoms with Crippen LogP contribution in [0.4, 0.5) is 4.39 Å². The van der Waals surface area contributed by atoms with Gasteiger partial charge in [0, 0.05) is 24.0 Å². The Morgan fingerprint density at radius 2 is 1.82 bits per heavy atom. The summed E-state index contributed by atoms with van der Waals surface area (Å²) in [5.41, 5.74) is 2.02. The standard InChI is InChI=1S/C35H36FN3O5S/c1-3-12-34-38-29(4-2)35(30(40)23-43-31-16-9-10-17-32(31)44-26-13-6-5-7-14-26)39(34)22-25-20-19-24(21-28(25)36)27-15-8-11-18-33(27)45(37,41)42/h5-11,13-16,18-21,32H,3-4,12,17,22-23H2,1-2H3,(H2,37,41,42). The van der Waals surface area contributed by atoms with Crippen molar-refractivity contribution in [2.24, 2.45) is 5.14 Å². The number of sulfonamides is 1. The molecule has 0 bridgehead atoms. The molecule has 0 saturated heterocycles. The lowest BCUT2D eigenvalue weighted by atomic mass is 10.0. The van der Waals surface area contributed by atoms with Crippen LogP contribution in [0.3, 0.4) is 0 Å². The number of carbonyl (C=O) groups is 1. The molecule has 0 spiro atoms. The average Bonchev–Trinajstić information content (AvgIpc) is 3.38. The number of halogens is 1. The van der Waals surface area contributed by atoms with E-state index >= 15 is 4.39 Å². The fraction of sp³-hybridized carbons (Fsp3) is 0.257. The molecule has 2 N–H and O–H groups in total. The Morgan fingerprint density at radius 3 is 2.53 bits per heavy atom. The van der Waals surface area contributed by atoms with Crippen LogP contribution in [0, 0.1) is 5.82 Å². The number of primary sulfonamides is 1. The van der Waals surface area contributed by atoms with Gasteiger partial charge >= 0.3 is 0 Å². The Bertz CT molecular complexity index is 1850. The second kappa shape index (κ2) is 14.0. The molecule has 8 nitrogen and oxygen atoms in total. The van der Waals surface area contributed by atoms with Gasteiger partial charge in [-0.25, -0.2) is 22.9 Å². The van der Waals surface area contributed by atoms with Gasteiger partial charge in [-0.2, -0.15) is 0 Å². The molecular formula is C35H36FN3O5S. The zero-order chi connectivity index (χ0) is 32.0. The highest BCUT2D eigenvalue weighted by Crippen LogP contribution is 2.29. The summed E-state index contributed by atoms with van der Waals surface area (Å²) in [6.07, 6.45) is 7.79. The Morgan fingerprint density at radius 1 is 1.07 bits per heavy atom. The van der Waals surface area contributed by atoms with Crippen LogP contribution in [0.2, 0.25) is 0 Å². The lowest BCUT2D eigenvalue weighted by Crippen LogP contribution is -2.25. The SMILES string of the molecule is CCCc1nc(CC)c(C(=O)COC2=CC=CCC2Oc2ccccc2)n1Cc1ccc(-c2ccccc2S(N)(=O)=O)cc1F. The zero-order valence-corrected chi connectivity index (χ0v) is 26.1. The van der Waals surface area contributed by atoms with Crippen molar-refractivity contribution in [2.75, 3.05) is 6.61 Å². The normalized spacial score (nSPS) is 14.7. The van der Waals surface area contributed by atoms with Crippen LogP contribution in [-0.4, -0.2) is 36.5 Å². The number of aromatic nitrogens is 2. The van der Waals surface area contributed by atoms with Crippen LogP contribution in [0.5, 0.6) is 5.75 Å². The van der Waals surface area contributed by atoms with Gasteiger partial charge in [0.2, 0.25) is 15.8 Å². The third-order valence-corrected chi connectivity index (χ3v) is 8.50. The smallest absolute Gasteiger partial charge is 0.238 e. The lowest BCUT2D eigenvalue weighted by Gasteiger charge is -2.23. The number of carbonyl (C=O) groups excluding carboxylic acids is 1. The van der Waals surface area contributed by atoms with E-state index < -0.39 is 15.8 Å². The van der Waals surface area contributed by atoms with Crippen LogP contribution < -0.4 is 9.88 Å². The van der Waals surface area contributed by atoms with Crippen molar-refractivity contribution >= 4 is 15.8 Å². The van der Waals surface area contributed by atoms with E-state index in [4.69, 9.17) is 19.6 Å². The van der Waals surface area contributed by atoms with E-state index in [1.54, 1.807) is 41.0 Å². The quantitative estimate of drug-likeness (QED) is 0.172. The van der Waals surface area contributed by atoms with Crippen molar-refractivity contribution < 1.29 is 27.1 Å². The molecule has 1 atom stereocenters. The molecule has 1 aliphatic carbocycles. The van der Waals surface area contributed by atoms with Gasteiger partial charge < -0.3 is 14.0 Å². The molecule has 0 radical (unpaired) electrons. The Balaban J connectivity index is 1.41. The van der Waals surface area contributed by atoms with Crippen molar-refractivity contribution in [1.29, 1.82) is 0 Å². The Hall–Kier alpha value is -4.54. The van der Waals surface area contributed by atoms with Crippen LogP contribution in [0.1, 0.15) is 54.3 Å². The van der Waals surface area contributed by atoms with Crippen LogP contribution in [0.25, 0.3) is 11.1 Å². The number of ether oxygens (including phenoxy) is 2. The fourth-order valence-corrected chi connectivity index (χ4v) is 6.14. The number of aryl methyl sites for hydroxylation is 2. The topological polar surface area (TPSA) is 114 Å². The molecular weight excluding hydrogens is 593 g/mol. The maximum atomic E-state index is 15.6. The molecule has 1 aliphatic rings. The average molecular weight is 630 g/mol. The van der Waals surface area contributed by atoms with Gasteiger partial charge in [-0.15, -0.1) is 0 Å². The molecule has 0 amide bonds. The third-order valence-electron chi connectivity index (χ3n) is 7.53. The van der Waals surface area contributed by atoms with Gasteiger partial charge in [0.05, 0.1) is 17.1 Å². The van der Waals surface area contributed by atoms with Gasteiger partial charge in [0.25, 0.3) is 0 Å². The molecule has 10 heteroatoms. The number of para-hydroxylation sites is 1. The molecule has 45 heavy (non-hydrogen) atoms. The van der Waals surface area contributed by atoms with Gasteiger partial charge in [0.1, 0.15) is 28.8 Å². The third kappa shape index (κ3) is 7.41. The predicted octanol–water partition coefficient (Wildman–Crippen LogP) is 6.39. The Labute approximate surface area is 263 Å². The molecule has 234 valence electrons. The minimum absolute atomic E-state index is 0.0670. The van der Waals surface area contributed by atoms with Crippen molar-refractivity contribution in [3.05, 3.63) is 125 Å². The summed E-state index contributed by atoms with van der Waals surface area (Å²) in [7, 11) is -4.01. The number of ketones is 1. The monoisotopic (exact) mass is 629 g/mol. The summed E-state index contributed by atoms with van der Waals surface area (Å²) in [4.78, 5) is 18.5. The van der Waals surface area contributed by atoms with Gasteiger partial charge in [-0.1, -0.05) is 74.5 Å². The number of allylic oxidation sites excluding steroid dienone is 2. The van der Waals surface area contributed by atoms with E-state index in [1.165, 1.54) is 12.1 Å². The first-order valence-corrected chi connectivity index (χ1v) is 16.5. The van der Waals surface area contributed by atoms with Gasteiger partial charge in [-0.05, 0) is 48.7 Å². The summed E-state index contributed by atoms with van der Waals surface area (Å²) < 4.78 is 53.8. The summed E-state index contributed by atoms with van der Waals surface area (Å²) in [5, 5.41) is 5.40. The second-order valence-corrected chi connectivity index (χ2v) is 12.3. The van der Waals surface area contributed by atoms with Crippen molar-refractivity contribution in [3.8, 4) is 16.9 Å². The highest BCUT2D eigenvalue weighted by atomic mass is 32.2. The summed E-state index contributed by atoms with van der Waals surface area (Å²) >= 11 is 0. The first kappa shape index (κ1) is 31.9. The first-order chi connectivity index (χ1) is 21.7. The van der Waals surface area contributed by atoms with E-state index in [2.05, 4.69) is 0 Å². The zero-order valence-electron chi connectivity index (χ0n) is 25.3. The van der Waals surface area contributed by atoms with E-state index in [-0.39, 0.29) is 29.9 Å². The van der Waals surface area contributed by atoms with Crippen molar-refractivity contribution in [2.45, 2.75) is 57.1 Å². The van der Waals surface area contributed by atoms with E-state index in [9.17, 15) is 13.2 Å². The number of nitrogens with zero attached hydrogens (tertiary/aromatic N) is 2. The van der Waals surface area contributed by atoms with E-state index in [0.29, 0.717) is 64.7 Å². The summed E-state index contributed by atoms with van der Waals surface area (Å²) in [5.74, 6) is 1.13. The Kier molecular flexibility index (Phi) is 9.95. The molecule has 0 aliphatic heterocycles. The maximum Gasteiger partial charge on any atom is 0.238 e. The number of Topliss-reactive ketones (excluding diaryl/α,β-unsaturated/α-hetero) is 1. The number of nitrogens with two attached hydrogens (primary N) is 1. The largest absolute Gasteiger partial charge is 0.486 e. The summed E-state index contributed by atoms with van der Waals surface area (Å²) in [6.45, 7) is 3.78. The molecule has 0 fully saturated rings. The van der Waals surface area contributed by atoms with Crippen molar-refractivity contribution in [3.63, 3.8) is 0 Å². The molecule has 3 aromatic carbocycles. The lowest BCUT2D eigenvalue weighted by molar-refractivity contribution is 0.0760. The number of imidazole rings is 1. The maximum absolute atomic E-state index is 15.6. The van der Waals surface area contributed by atoms with Gasteiger partial charge in [-0.3, -0.25) is 4.79 Å². The molecule has 1 unspecified atom stereocenters. The van der Waals surface area contributed by atoms with Gasteiger partial charge in [0.15, 0.2) is 12.7 Å². The molecule has 1 heterocycles. The second-order valence-electron chi connectivity index (χ2n) is 10.7. The van der Waals surface area contributed by atoms with Crippen LogP contribution in [-0.2, 0) is 34.1 Å². The molecule has 0 saturated carbocycles. The number of benzene rings is 3. The molecule has 5 rings (SSSR count). The fourth-order valence-electron chi connectivity index (χ4n) is 5.38. The van der Waals surface area contributed by atoms with Crippen LogP contribution >= 0.6 is 0 Å². The number of hydrogen-bond acceptors (Lipinski definition) is 6. The minimum Gasteiger partial charge on any atom is -0.486 e.